The van der Waals surface area contributed by atoms with Gasteiger partial charge in [0.2, 0.25) is 11.8 Å². The Labute approximate surface area is 199 Å². The number of hydrogen-bond acceptors (Lipinski definition) is 4. The molecule has 0 bridgehead atoms. The lowest BCUT2D eigenvalue weighted by Crippen LogP contribution is -2.50. The van der Waals surface area contributed by atoms with Crippen LogP contribution in [-0.4, -0.2) is 51.9 Å². The third kappa shape index (κ3) is 4.41. The van der Waals surface area contributed by atoms with Gasteiger partial charge in [0.15, 0.2) is 5.78 Å². The molecule has 4 rings (SSSR count). The van der Waals surface area contributed by atoms with Crippen molar-refractivity contribution in [1.82, 2.24) is 14.8 Å². The van der Waals surface area contributed by atoms with Crippen molar-refractivity contribution in [3.63, 3.8) is 0 Å². The largest absolute Gasteiger partial charge is 0.350 e. The van der Waals surface area contributed by atoms with Crippen LogP contribution >= 0.6 is 11.6 Å². The molecule has 2 heterocycles. The number of nitrogens with zero attached hydrogens (tertiary/aromatic N) is 2. The van der Waals surface area contributed by atoms with Crippen molar-refractivity contribution in [3.05, 3.63) is 70.6 Å². The molecule has 7 nitrogen and oxygen atoms in total. The number of nitrogens with two attached hydrogens (primary N) is 1. The van der Waals surface area contributed by atoms with Crippen molar-refractivity contribution in [2.24, 2.45) is 5.73 Å². The summed E-state index contributed by atoms with van der Waals surface area (Å²) in [6, 6.07) is 8.96. The number of carbonyl (C=O) groups is 3. The van der Waals surface area contributed by atoms with Gasteiger partial charge in [-0.2, -0.15) is 0 Å². The van der Waals surface area contributed by atoms with E-state index >= 15 is 0 Å². The number of fused-ring (bicyclic) bond motifs is 1. The minimum Gasteiger partial charge on any atom is -0.350 e. The zero-order chi connectivity index (χ0) is 24.6. The lowest BCUT2D eigenvalue weighted by Gasteiger charge is -2.25. The monoisotopic (exact) mass is 488 g/mol. The fourth-order valence-electron chi connectivity index (χ4n) is 4.26. The summed E-state index contributed by atoms with van der Waals surface area (Å²) in [4.78, 5) is 39.1. The molecule has 0 unspecified atom stereocenters. The van der Waals surface area contributed by atoms with E-state index in [9.17, 15) is 23.2 Å². The lowest BCUT2D eigenvalue weighted by molar-refractivity contribution is -0.140. The van der Waals surface area contributed by atoms with E-state index in [2.05, 4.69) is 5.32 Å². The zero-order valence-corrected chi connectivity index (χ0v) is 19.1. The molecule has 3 N–H and O–H groups in total. The first kappa shape index (κ1) is 23.8. The molecule has 34 heavy (non-hydrogen) atoms. The highest BCUT2D eigenvalue weighted by molar-refractivity contribution is 6.30. The molecule has 10 heteroatoms. The number of aromatic nitrogens is 1. The zero-order valence-electron chi connectivity index (χ0n) is 18.3. The van der Waals surface area contributed by atoms with Crippen LogP contribution in [0, 0.1) is 5.82 Å². The summed E-state index contributed by atoms with van der Waals surface area (Å²) >= 11 is 5.76. The second-order valence-corrected chi connectivity index (χ2v) is 8.68. The Bertz CT molecular complexity index is 1280. The van der Waals surface area contributed by atoms with Gasteiger partial charge >= 0.3 is 0 Å². The van der Waals surface area contributed by atoms with Crippen molar-refractivity contribution in [1.29, 1.82) is 0 Å². The first-order valence-electron chi connectivity index (χ1n) is 10.7. The molecule has 1 saturated heterocycles. The molecule has 1 aromatic heterocycles. The normalized spacial score (nSPS) is 20.0. The van der Waals surface area contributed by atoms with Crippen LogP contribution in [0.25, 0.3) is 10.9 Å². The molecule has 1 aliphatic heterocycles. The summed E-state index contributed by atoms with van der Waals surface area (Å²) in [5, 5.41) is 3.08. The number of benzene rings is 2. The van der Waals surface area contributed by atoms with Gasteiger partial charge in [0.05, 0.1) is 11.1 Å². The number of carbonyl (C=O) groups excluding carboxylic acids is 3. The maximum absolute atomic E-state index is 14.9. The second kappa shape index (κ2) is 9.52. The van der Waals surface area contributed by atoms with Crippen LogP contribution in [0.3, 0.4) is 0 Å². The Morgan fingerprint density at radius 2 is 1.91 bits per heavy atom. The number of Topliss-reactive ketones (excluding diaryl/α,β-unsaturated/α-hetero) is 1. The third-order valence-corrected chi connectivity index (χ3v) is 6.29. The Hall–Kier alpha value is -3.30. The quantitative estimate of drug-likeness (QED) is 0.521. The van der Waals surface area contributed by atoms with Crippen molar-refractivity contribution >= 4 is 40.1 Å². The second-order valence-electron chi connectivity index (χ2n) is 8.27. The standard InChI is InChI=1S/C24H23ClF2N4O3/c1-13(32)16-10-30(19-8-3-2-6-15(16)19)12-20(33)31-11-18(28)22(27)23(31)24(34)29-9-14-5-4-7-17(25)21(14)26/h2-8,10,18,22-23H,9,11-12,28H2,1H3,(H,29,34)/t18-,22+,23+/m1/s1. The Balaban J connectivity index is 1.54. The molecule has 1 fully saturated rings. The van der Waals surface area contributed by atoms with Crippen LogP contribution in [-0.2, 0) is 22.7 Å². The van der Waals surface area contributed by atoms with Crippen LogP contribution in [0.15, 0.2) is 48.7 Å². The fourth-order valence-corrected chi connectivity index (χ4v) is 4.45. The van der Waals surface area contributed by atoms with Crippen LogP contribution < -0.4 is 11.1 Å². The number of likely N-dealkylation sites (tertiary alicyclic amines) is 1. The average molecular weight is 489 g/mol. The van der Waals surface area contributed by atoms with E-state index in [1.807, 2.05) is 0 Å². The van der Waals surface area contributed by atoms with Gasteiger partial charge in [-0.25, -0.2) is 8.78 Å². The number of amides is 2. The van der Waals surface area contributed by atoms with Crippen molar-refractivity contribution in [2.75, 3.05) is 6.54 Å². The van der Waals surface area contributed by atoms with E-state index in [1.165, 1.54) is 25.1 Å². The Morgan fingerprint density at radius 3 is 2.65 bits per heavy atom. The first-order valence-corrected chi connectivity index (χ1v) is 11.1. The smallest absolute Gasteiger partial charge is 0.246 e. The number of ketones is 1. The summed E-state index contributed by atoms with van der Waals surface area (Å²) < 4.78 is 30.6. The molecule has 178 valence electrons. The summed E-state index contributed by atoms with van der Waals surface area (Å²) in [5.41, 5.74) is 7.09. The molecular weight excluding hydrogens is 466 g/mol. The maximum Gasteiger partial charge on any atom is 0.246 e. The number of nitrogens with one attached hydrogen (secondary N) is 1. The van der Waals surface area contributed by atoms with Gasteiger partial charge in [0.25, 0.3) is 0 Å². The molecule has 0 aliphatic carbocycles. The average Bonchev–Trinajstić information content (AvgIpc) is 3.32. The summed E-state index contributed by atoms with van der Waals surface area (Å²) in [5.74, 6) is -2.14. The highest BCUT2D eigenvalue weighted by atomic mass is 35.5. The van der Waals surface area contributed by atoms with Crippen molar-refractivity contribution in [3.8, 4) is 0 Å². The van der Waals surface area contributed by atoms with Gasteiger partial charge in [-0.1, -0.05) is 41.9 Å². The van der Waals surface area contributed by atoms with Gasteiger partial charge < -0.3 is 20.5 Å². The SMILES string of the molecule is CC(=O)c1cn(CC(=O)N2C[C@@H](N)[C@H](F)[C@H]2C(=O)NCc2cccc(Cl)c2F)c2ccccc12. The maximum atomic E-state index is 14.9. The molecule has 0 saturated carbocycles. The molecule has 2 amide bonds. The molecular formula is C24H23ClF2N4O3. The molecule has 3 atom stereocenters. The van der Waals surface area contributed by atoms with Gasteiger partial charge in [0, 0.05) is 41.3 Å². The minimum atomic E-state index is -1.79. The van der Waals surface area contributed by atoms with E-state index in [0.29, 0.717) is 16.5 Å². The highest BCUT2D eigenvalue weighted by Crippen LogP contribution is 2.25. The molecule has 3 aromatic rings. The van der Waals surface area contributed by atoms with Gasteiger partial charge in [-0.15, -0.1) is 0 Å². The minimum absolute atomic E-state index is 0.0984. The summed E-state index contributed by atoms with van der Waals surface area (Å²) in [6.07, 6.45) is -0.215. The van der Waals surface area contributed by atoms with E-state index in [1.54, 1.807) is 35.0 Å². The predicted molar refractivity (Wildman–Crippen MR) is 124 cm³/mol. The topological polar surface area (TPSA) is 97.4 Å². The van der Waals surface area contributed by atoms with Crippen molar-refractivity contribution in [2.45, 2.75) is 38.3 Å². The fraction of sp³-hybridized carbons (Fsp3) is 0.292. The lowest BCUT2D eigenvalue weighted by atomic mass is 10.1. The molecule has 0 spiro atoms. The summed E-state index contributed by atoms with van der Waals surface area (Å²) in [7, 11) is 0. The number of para-hydroxylation sites is 1. The predicted octanol–water partition coefficient (Wildman–Crippen LogP) is 2.83. The first-order chi connectivity index (χ1) is 16.2. The van der Waals surface area contributed by atoms with Gasteiger partial charge in [0.1, 0.15) is 24.6 Å². The highest BCUT2D eigenvalue weighted by Gasteiger charge is 2.46. The number of hydrogen-bond donors (Lipinski definition) is 2. The molecule has 0 radical (unpaired) electrons. The number of halogens is 3. The van der Waals surface area contributed by atoms with E-state index < -0.39 is 35.9 Å². The number of rotatable bonds is 6. The van der Waals surface area contributed by atoms with Crippen molar-refractivity contribution < 1.29 is 23.2 Å². The molecule has 1 aliphatic rings. The Morgan fingerprint density at radius 1 is 1.18 bits per heavy atom. The Kier molecular flexibility index (Phi) is 6.67. The number of alkyl halides is 1. The van der Waals surface area contributed by atoms with E-state index in [4.69, 9.17) is 17.3 Å². The van der Waals surface area contributed by atoms with Crippen LogP contribution in [0.4, 0.5) is 8.78 Å². The van der Waals surface area contributed by atoms with Crippen LogP contribution in [0.5, 0.6) is 0 Å². The molecule has 2 aromatic carbocycles. The van der Waals surface area contributed by atoms with E-state index in [0.717, 1.165) is 4.90 Å². The summed E-state index contributed by atoms with van der Waals surface area (Å²) in [6.45, 7) is 0.850. The van der Waals surface area contributed by atoms with E-state index in [-0.39, 0.29) is 36.0 Å². The van der Waals surface area contributed by atoms with Gasteiger partial charge in [-0.3, -0.25) is 14.4 Å². The third-order valence-electron chi connectivity index (χ3n) is 6.00. The van der Waals surface area contributed by atoms with Crippen LogP contribution in [0.2, 0.25) is 5.02 Å². The van der Waals surface area contributed by atoms with Crippen LogP contribution in [0.1, 0.15) is 22.8 Å². The van der Waals surface area contributed by atoms with Gasteiger partial charge in [-0.05, 0) is 19.1 Å².